The van der Waals surface area contributed by atoms with Gasteiger partial charge in [-0.05, 0) is 20.8 Å². The molecule has 0 rings (SSSR count). The Bertz CT molecular complexity index is 98.8. The van der Waals surface area contributed by atoms with E-state index in [9.17, 15) is 4.79 Å². The van der Waals surface area contributed by atoms with Gasteiger partial charge in [0.2, 0.25) is 0 Å². The molecule has 0 radical (unpaired) electrons. The van der Waals surface area contributed by atoms with Crippen LogP contribution in [0, 0.1) is 0 Å². The third kappa shape index (κ3) is 22.5. The van der Waals surface area contributed by atoms with Crippen molar-refractivity contribution in [3.05, 3.63) is 0 Å². The fraction of sp³-hybridized carbons (Fsp3) is 0.857. The van der Waals surface area contributed by atoms with Crippen LogP contribution in [0.25, 0.3) is 0 Å². The Morgan fingerprint density at radius 2 is 1.50 bits per heavy atom. The quantitative estimate of drug-likeness (QED) is 0.450. The highest BCUT2D eigenvalue weighted by Crippen LogP contribution is 1.90. The fourth-order valence-corrected chi connectivity index (χ4v) is 0.518. The van der Waals surface area contributed by atoms with Gasteiger partial charge in [-0.2, -0.15) is 0 Å². The first-order chi connectivity index (χ1) is 5.54. The summed E-state index contributed by atoms with van der Waals surface area (Å²) < 4.78 is 10.1. The van der Waals surface area contributed by atoms with Gasteiger partial charge in [-0.1, -0.05) is 0 Å². The third-order valence-corrected chi connectivity index (χ3v) is 0.803. The van der Waals surface area contributed by atoms with E-state index in [0.717, 1.165) is 33.7 Å². The summed E-state index contributed by atoms with van der Waals surface area (Å²) in [5.41, 5.74) is 0. The van der Waals surface area contributed by atoms with Crippen molar-refractivity contribution in [2.45, 2.75) is 27.1 Å². The molecular formula is C7H20O3Si2. The second-order valence-electron chi connectivity index (χ2n) is 2.39. The molecule has 0 atom stereocenters. The second-order valence-corrected chi connectivity index (χ2v) is 7.20. The molecule has 0 aromatic heterocycles. The maximum atomic E-state index is 9.57. The minimum Gasteiger partial charge on any atom is -0.353 e. The van der Waals surface area contributed by atoms with Gasteiger partial charge in [-0.3, -0.25) is 0 Å². The van der Waals surface area contributed by atoms with E-state index in [4.69, 9.17) is 9.47 Å². The summed E-state index contributed by atoms with van der Waals surface area (Å²) in [4.78, 5) is 9.57. The van der Waals surface area contributed by atoms with E-state index in [1.807, 2.05) is 20.8 Å². The molecule has 0 spiro atoms. The number of carbonyl (C=O) groups is 1. The molecule has 0 saturated carbocycles. The average Bonchev–Trinajstić information content (AvgIpc) is 1.87. The maximum absolute atomic E-state index is 9.57. The lowest BCUT2D eigenvalue weighted by atomic mass is 10.7. The fourth-order valence-electron chi connectivity index (χ4n) is 0.518. The maximum Gasteiger partial charge on any atom is 0.154 e. The van der Waals surface area contributed by atoms with Crippen molar-refractivity contribution in [2.75, 3.05) is 13.2 Å². The Hall–Kier alpha value is 0.0238. The normalized spacial score (nSPS) is 9.67. The minimum absolute atomic E-state index is 0.0370. The average molecular weight is 208 g/mol. The standard InChI is InChI=1S/C6H14O2.CH6OSi2/c1-4-7-6(3)8-5-2;2-1(3)4/h6H,4-5H2,1-3H3;3-4H3. The first-order valence-electron chi connectivity index (χ1n) is 4.24. The molecule has 0 aromatic carbocycles. The Morgan fingerprint density at radius 1 is 1.25 bits per heavy atom. The molecule has 0 aliphatic rings. The Balaban J connectivity index is 0. The molecule has 0 unspecified atom stereocenters. The van der Waals surface area contributed by atoms with Gasteiger partial charge >= 0.3 is 0 Å². The molecule has 0 aliphatic carbocycles. The molecular weight excluding hydrogens is 188 g/mol. The van der Waals surface area contributed by atoms with E-state index in [0.29, 0.717) is 5.03 Å². The molecule has 12 heavy (non-hydrogen) atoms. The second kappa shape index (κ2) is 11.0. The van der Waals surface area contributed by atoms with Crippen LogP contribution in [-0.4, -0.2) is 45.0 Å². The van der Waals surface area contributed by atoms with E-state index in [1.54, 1.807) is 0 Å². The molecule has 74 valence electrons. The number of ether oxygens (including phenoxy) is 2. The van der Waals surface area contributed by atoms with Gasteiger partial charge < -0.3 is 14.3 Å². The summed E-state index contributed by atoms with van der Waals surface area (Å²) in [6.45, 7) is 7.25. The highest BCUT2D eigenvalue weighted by molar-refractivity contribution is 6.87. The van der Waals surface area contributed by atoms with Crippen molar-refractivity contribution in [1.82, 2.24) is 0 Å². The summed E-state index contributed by atoms with van der Waals surface area (Å²) in [6.07, 6.45) is -0.0370. The van der Waals surface area contributed by atoms with Crippen LogP contribution in [0.15, 0.2) is 0 Å². The summed E-state index contributed by atoms with van der Waals surface area (Å²) in [7, 11) is 1.54. The third-order valence-electron chi connectivity index (χ3n) is 0.803. The van der Waals surface area contributed by atoms with E-state index >= 15 is 0 Å². The van der Waals surface area contributed by atoms with Crippen LogP contribution < -0.4 is 0 Å². The number of hydrogen-bond donors (Lipinski definition) is 0. The molecule has 5 heteroatoms. The lowest BCUT2D eigenvalue weighted by Gasteiger charge is -2.09. The SMILES string of the molecule is CCOC(C)OCC.O=C([SiH3])[SiH3]. The van der Waals surface area contributed by atoms with Crippen LogP contribution in [0.3, 0.4) is 0 Å². The monoisotopic (exact) mass is 208 g/mol. The van der Waals surface area contributed by atoms with Gasteiger partial charge in [0.25, 0.3) is 0 Å². The van der Waals surface area contributed by atoms with Gasteiger partial charge in [0, 0.05) is 13.2 Å². The van der Waals surface area contributed by atoms with Crippen molar-refractivity contribution in [3.63, 3.8) is 0 Å². The first kappa shape index (κ1) is 14.5. The summed E-state index contributed by atoms with van der Waals surface area (Å²) in [5, 5.41) is 0.444. The lowest BCUT2D eigenvalue weighted by Crippen LogP contribution is -2.11. The summed E-state index contributed by atoms with van der Waals surface area (Å²) in [6, 6.07) is 0. The topological polar surface area (TPSA) is 35.5 Å². The van der Waals surface area contributed by atoms with Gasteiger partial charge in [0.05, 0.1) is 25.5 Å². The van der Waals surface area contributed by atoms with Crippen molar-refractivity contribution in [2.24, 2.45) is 0 Å². The molecule has 0 fully saturated rings. The van der Waals surface area contributed by atoms with Gasteiger partial charge in [-0.25, -0.2) is 0 Å². The van der Waals surface area contributed by atoms with E-state index in [-0.39, 0.29) is 6.29 Å². The van der Waals surface area contributed by atoms with E-state index < -0.39 is 0 Å². The van der Waals surface area contributed by atoms with Crippen molar-refractivity contribution in [1.29, 1.82) is 0 Å². The summed E-state index contributed by atoms with van der Waals surface area (Å²) in [5.74, 6) is 0. The predicted octanol–water partition coefficient (Wildman–Crippen LogP) is -0.757. The molecule has 0 aliphatic heterocycles. The molecule has 0 N–H and O–H groups in total. The lowest BCUT2D eigenvalue weighted by molar-refractivity contribution is -0.123. The van der Waals surface area contributed by atoms with E-state index in [1.165, 1.54) is 0 Å². The Labute approximate surface area is 80.7 Å². The predicted molar refractivity (Wildman–Crippen MR) is 58.0 cm³/mol. The van der Waals surface area contributed by atoms with Crippen molar-refractivity contribution in [3.8, 4) is 0 Å². The van der Waals surface area contributed by atoms with Crippen LogP contribution >= 0.6 is 0 Å². The van der Waals surface area contributed by atoms with Crippen LogP contribution in [0.1, 0.15) is 20.8 Å². The zero-order chi connectivity index (χ0) is 9.98. The van der Waals surface area contributed by atoms with Crippen LogP contribution in [-0.2, 0) is 9.47 Å². The number of carbonyl (C=O) groups excluding carboxylic acids is 1. The van der Waals surface area contributed by atoms with Crippen LogP contribution in [0.4, 0.5) is 4.79 Å². The largest absolute Gasteiger partial charge is 0.353 e. The molecule has 0 heterocycles. The molecule has 0 amide bonds. The first-order valence-corrected chi connectivity index (χ1v) is 6.24. The molecule has 0 saturated heterocycles. The Kier molecular flexibility index (Phi) is 13.4. The molecule has 0 aromatic rings. The Morgan fingerprint density at radius 3 is 1.67 bits per heavy atom. The van der Waals surface area contributed by atoms with Crippen molar-refractivity contribution < 1.29 is 14.3 Å². The molecule has 0 bridgehead atoms. The number of hydrogen-bond acceptors (Lipinski definition) is 3. The zero-order valence-electron chi connectivity index (χ0n) is 8.72. The van der Waals surface area contributed by atoms with Crippen LogP contribution in [0.5, 0.6) is 0 Å². The van der Waals surface area contributed by atoms with Crippen molar-refractivity contribution >= 4 is 25.5 Å². The van der Waals surface area contributed by atoms with Gasteiger partial charge in [-0.15, -0.1) is 0 Å². The molecule has 3 nitrogen and oxygen atoms in total. The van der Waals surface area contributed by atoms with Crippen LogP contribution in [0.2, 0.25) is 0 Å². The highest BCUT2D eigenvalue weighted by atomic mass is 28.2. The number of rotatable bonds is 4. The van der Waals surface area contributed by atoms with Gasteiger partial charge in [0.15, 0.2) is 6.29 Å². The minimum atomic E-state index is -0.0370. The zero-order valence-corrected chi connectivity index (χ0v) is 12.7. The van der Waals surface area contributed by atoms with E-state index in [2.05, 4.69) is 0 Å². The van der Waals surface area contributed by atoms with Gasteiger partial charge in [0.1, 0.15) is 0 Å². The smallest absolute Gasteiger partial charge is 0.154 e. The summed E-state index contributed by atoms with van der Waals surface area (Å²) >= 11 is 0. The highest BCUT2D eigenvalue weighted by Gasteiger charge is 1.94.